The quantitative estimate of drug-likeness (QED) is 0.621. The van der Waals surface area contributed by atoms with Crippen LogP contribution in [0, 0.1) is 6.92 Å². The number of benzene rings is 1. The van der Waals surface area contributed by atoms with Crippen LogP contribution in [0.5, 0.6) is 11.5 Å². The molecular formula is C15H19N5O3. The van der Waals surface area contributed by atoms with Crippen LogP contribution in [0.15, 0.2) is 28.1 Å². The van der Waals surface area contributed by atoms with Crippen molar-refractivity contribution in [2.45, 2.75) is 26.9 Å². The van der Waals surface area contributed by atoms with Gasteiger partial charge in [-0.1, -0.05) is 6.07 Å². The largest absolute Gasteiger partial charge is 0.493 e. The maximum absolute atomic E-state index is 11.2. The maximum Gasteiger partial charge on any atom is 0.363 e. The van der Waals surface area contributed by atoms with Gasteiger partial charge in [0.1, 0.15) is 5.69 Å². The number of nitrogens with one attached hydrogen (secondary N) is 2. The number of anilines is 1. The number of methoxy groups -OCH3 is 1. The zero-order valence-electron chi connectivity index (χ0n) is 13.5. The first kappa shape index (κ1) is 16.5. The molecule has 0 bridgehead atoms. The number of nitrogens with zero attached hydrogens (tertiary/aromatic N) is 3. The van der Waals surface area contributed by atoms with Gasteiger partial charge < -0.3 is 9.47 Å². The number of aryl methyl sites for hydroxylation is 1. The van der Waals surface area contributed by atoms with E-state index >= 15 is 0 Å². The average Bonchev–Trinajstić information content (AvgIpc) is 2.51. The Labute approximate surface area is 133 Å². The highest BCUT2D eigenvalue weighted by Crippen LogP contribution is 2.30. The van der Waals surface area contributed by atoms with E-state index in [0.29, 0.717) is 23.0 Å². The molecule has 0 spiro atoms. The van der Waals surface area contributed by atoms with Crippen LogP contribution in [0.3, 0.4) is 0 Å². The normalized spacial score (nSPS) is 11.0. The molecule has 0 unspecified atom stereocenters. The Bertz CT molecular complexity index is 755. The van der Waals surface area contributed by atoms with E-state index in [9.17, 15) is 4.79 Å². The van der Waals surface area contributed by atoms with Gasteiger partial charge in [0, 0.05) is 5.56 Å². The van der Waals surface area contributed by atoms with Crippen LogP contribution in [0.4, 0.5) is 5.82 Å². The summed E-state index contributed by atoms with van der Waals surface area (Å²) in [7, 11) is 1.58. The summed E-state index contributed by atoms with van der Waals surface area (Å²) < 4.78 is 11.1. The number of hydrogen-bond donors (Lipinski definition) is 2. The Balaban J connectivity index is 2.25. The topological polar surface area (TPSA) is 101 Å². The van der Waals surface area contributed by atoms with E-state index in [-0.39, 0.29) is 6.10 Å². The van der Waals surface area contributed by atoms with Gasteiger partial charge in [-0.25, -0.2) is 9.89 Å². The lowest BCUT2D eigenvalue weighted by atomic mass is 10.2. The minimum atomic E-state index is -0.543. The van der Waals surface area contributed by atoms with E-state index in [4.69, 9.17) is 9.47 Å². The summed E-state index contributed by atoms with van der Waals surface area (Å²) in [6.45, 7) is 5.57. The predicted molar refractivity (Wildman–Crippen MR) is 87.4 cm³/mol. The molecule has 1 aromatic heterocycles. The second kappa shape index (κ2) is 7.39. The fourth-order valence-corrected chi connectivity index (χ4v) is 1.82. The van der Waals surface area contributed by atoms with Crippen molar-refractivity contribution in [3.05, 3.63) is 39.9 Å². The van der Waals surface area contributed by atoms with Gasteiger partial charge in [-0.2, -0.15) is 15.2 Å². The molecule has 8 heteroatoms. The van der Waals surface area contributed by atoms with Crippen LogP contribution in [-0.2, 0) is 0 Å². The standard InChI is InChI=1S/C15H19N5O3/c1-9(2)23-13-11(6-5-7-12(13)22-4)8-16-19-14-10(3)18-20-15(21)17-14/h5-9H,1-4H3,(H2,17,19,20,21)/b16-8+. The molecule has 8 nitrogen and oxygen atoms in total. The molecule has 1 aromatic carbocycles. The van der Waals surface area contributed by atoms with E-state index in [1.165, 1.54) is 0 Å². The van der Waals surface area contributed by atoms with Gasteiger partial charge in [0.25, 0.3) is 0 Å². The summed E-state index contributed by atoms with van der Waals surface area (Å²) in [6, 6.07) is 5.50. The van der Waals surface area contributed by atoms with Crippen LogP contribution in [0.2, 0.25) is 0 Å². The molecule has 0 radical (unpaired) electrons. The zero-order chi connectivity index (χ0) is 16.8. The number of rotatable bonds is 6. The van der Waals surface area contributed by atoms with Crippen LogP contribution in [0.1, 0.15) is 25.1 Å². The fraction of sp³-hybridized carbons (Fsp3) is 0.333. The summed E-state index contributed by atoms with van der Waals surface area (Å²) in [6.07, 6.45) is 1.56. The molecule has 0 saturated carbocycles. The lowest BCUT2D eigenvalue weighted by molar-refractivity contribution is 0.230. The summed E-state index contributed by atoms with van der Waals surface area (Å²) in [5, 5.41) is 10.1. The van der Waals surface area contributed by atoms with Crippen molar-refractivity contribution in [2.24, 2.45) is 5.10 Å². The SMILES string of the molecule is COc1cccc(/C=N/Nc2nc(=O)[nH]nc2C)c1OC(C)C. The number of aromatic amines is 1. The predicted octanol–water partition coefficient (Wildman–Crippen LogP) is 1.72. The average molecular weight is 317 g/mol. The molecular weight excluding hydrogens is 298 g/mol. The first-order valence-electron chi connectivity index (χ1n) is 7.07. The second-order valence-electron chi connectivity index (χ2n) is 4.99. The minimum Gasteiger partial charge on any atom is -0.493 e. The third kappa shape index (κ3) is 4.29. The number of aromatic nitrogens is 3. The molecule has 0 aliphatic carbocycles. The molecule has 2 rings (SSSR count). The van der Waals surface area contributed by atoms with Gasteiger partial charge in [0.15, 0.2) is 17.3 Å². The van der Waals surface area contributed by atoms with Crippen LogP contribution in [0.25, 0.3) is 0 Å². The van der Waals surface area contributed by atoms with Gasteiger partial charge >= 0.3 is 5.69 Å². The molecule has 0 atom stereocenters. The molecule has 0 amide bonds. The zero-order valence-corrected chi connectivity index (χ0v) is 13.5. The molecule has 2 aromatic rings. The van der Waals surface area contributed by atoms with Crippen molar-refractivity contribution < 1.29 is 9.47 Å². The number of hydrazone groups is 1. The van der Waals surface area contributed by atoms with Gasteiger partial charge in [-0.3, -0.25) is 5.43 Å². The summed E-state index contributed by atoms with van der Waals surface area (Å²) in [5.41, 5.74) is 3.43. The minimum absolute atomic E-state index is 0.00722. The van der Waals surface area contributed by atoms with Crippen molar-refractivity contribution in [3.8, 4) is 11.5 Å². The maximum atomic E-state index is 11.2. The summed E-state index contributed by atoms with van der Waals surface area (Å²) in [5.74, 6) is 1.51. The second-order valence-corrected chi connectivity index (χ2v) is 4.99. The smallest absolute Gasteiger partial charge is 0.363 e. The molecule has 1 heterocycles. The Morgan fingerprint density at radius 3 is 2.87 bits per heavy atom. The van der Waals surface area contributed by atoms with Gasteiger partial charge in [0.05, 0.1) is 19.4 Å². The number of H-pyrrole nitrogens is 1. The van der Waals surface area contributed by atoms with E-state index in [1.807, 2.05) is 32.0 Å². The van der Waals surface area contributed by atoms with E-state index < -0.39 is 5.69 Å². The Hall–Kier alpha value is -2.90. The van der Waals surface area contributed by atoms with Crippen LogP contribution >= 0.6 is 0 Å². The van der Waals surface area contributed by atoms with E-state index in [1.54, 1.807) is 20.2 Å². The summed E-state index contributed by atoms with van der Waals surface area (Å²) in [4.78, 5) is 14.9. The first-order valence-corrected chi connectivity index (χ1v) is 7.07. The molecule has 0 aliphatic rings. The molecule has 23 heavy (non-hydrogen) atoms. The van der Waals surface area contributed by atoms with Crippen molar-refractivity contribution >= 4 is 12.0 Å². The molecule has 2 N–H and O–H groups in total. The monoisotopic (exact) mass is 317 g/mol. The first-order chi connectivity index (χ1) is 11.0. The van der Waals surface area contributed by atoms with Crippen molar-refractivity contribution in [2.75, 3.05) is 12.5 Å². The van der Waals surface area contributed by atoms with Gasteiger partial charge in [-0.15, -0.1) is 0 Å². The Morgan fingerprint density at radius 1 is 1.39 bits per heavy atom. The molecule has 0 aliphatic heterocycles. The highest BCUT2D eigenvalue weighted by Gasteiger charge is 2.11. The Kier molecular flexibility index (Phi) is 5.29. The highest BCUT2D eigenvalue weighted by atomic mass is 16.5. The molecule has 0 saturated heterocycles. The number of hydrogen-bond acceptors (Lipinski definition) is 7. The Morgan fingerprint density at radius 2 is 2.17 bits per heavy atom. The number of ether oxygens (including phenoxy) is 2. The van der Waals surface area contributed by atoms with Gasteiger partial charge in [0.2, 0.25) is 0 Å². The highest BCUT2D eigenvalue weighted by molar-refractivity contribution is 5.85. The van der Waals surface area contributed by atoms with Crippen LogP contribution in [-0.4, -0.2) is 34.6 Å². The lowest BCUT2D eigenvalue weighted by Gasteiger charge is -2.15. The third-order valence-corrected chi connectivity index (χ3v) is 2.83. The molecule has 122 valence electrons. The lowest BCUT2D eigenvalue weighted by Crippen LogP contribution is -2.15. The van der Waals surface area contributed by atoms with Gasteiger partial charge in [-0.05, 0) is 32.9 Å². The number of para-hydroxylation sites is 1. The fourth-order valence-electron chi connectivity index (χ4n) is 1.82. The summed E-state index contributed by atoms with van der Waals surface area (Å²) >= 11 is 0. The van der Waals surface area contributed by atoms with Crippen LogP contribution < -0.4 is 20.6 Å². The molecule has 0 fully saturated rings. The third-order valence-electron chi connectivity index (χ3n) is 2.83. The van der Waals surface area contributed by atoms with Crippen molar-refractivity contribution in [1.82, 2.24) is 15.2 Å². The van der Waals surface area contributed by atoms with E-state index in [0.717, 1.165) is 5.56 Å². The van der Waals surface area contributed by atoms with E-state index in [2.05, 4.69) is 25.7 Å². The van der Waals surface area contributed by atoms with Crippen molar-refractivity contribution in [3.63, 3.8) is 0 Å². The van der Waals surface area contributed by atoms with Crippen molar-refractivity contribution in [1.29, 1.82) is 0 Å².